The highest BCUT2D eigenvalue weighted by molar-refractivity contribution is 7.93. The van der Waals surface area contributed by atoms with Gasteiger partial charge in [-0.15, -0.1) is 0 Å². The normalized spacial score (nSPS) is 11.2. The Morgan fingerprint density at radius 3 is 2.47 bits per heavy atom. The van der Waals surface area contributed by atoms with Gasteiger partial charge in [-0.05, 0) is 18.9 Å². The third-order valence-electron chi connectivity index (χ3n) is 4.55. The van der Waals surface area contributed by atoms with Crippen molar-refractivity contribution in [1.82, 2.24) is 15.0 Å². The van der Waals surface area contributed by atoms with E-state index >= 15 is 0 Å². The van der Waals surface area contributed by atoms with Crippen LogP contribution in [0, 0.1) is 12.8 Å². The number of methoxy groups -OCH3 is 1. The molecule has 10 nitrogen and oxygen atoms in total. The number of carbonyl (C=O) groups excluding carboxylic acids is 2. The van der Waals surface area contributed by atoms with E-state index in [9.17, 15) is 18.0 Å². The van der Waals surface area contributed by atoms with Crippen molar-refractivity contribution in [1.29, 1.82) is 0 Å². The SMILES string of the molecule is COc1nc(C)cnc1NS(=O)(=O)c1c(C(=O)OCC(C)C)ccnc1-c1ccc(C=O)cc1. The van der Waals surface area contributed by atoms with Gasteiger partial charge in [0.05, 0.1) is 36.9 Å². The summed E-state index contributed by atoms with van der Waals surface area (Å²) in [6, 6.07) is 7.40. The molecule has 0 aliphatic rings. The number of carbonyl (C=O) groups is 2. The molecule has 3 aromatic rings. The summed E-state index contributed by atoms with van der Waals surface area (Å²) in [5.41, 5.74) is 1.11. The first kappa shape index (κ1) is 24.8. The van der Waals surface area contributed by atoms with Crippen LogP contribution in [-0.4, -0.2) is 49.3 Å². The van der Waals surface area contributed by atoms with Crippen molar-refractivity contribution < 1.29 is 27.5 Å². The van der Waals surface area contributed by atoms with E-state index in [1.54, 1.807) is 19.1 Å². The van der Waals surface area contributed by atoms with Crippen LogP contribution in [0.4, 0.5) is 5.82 Å². The van der Waals surface area contributed by atoms with Crippen molar-refractivity contribution >= 4 is 28.1 Å². The highest BCUT2D eigenvalue weighted by Crippen LogP contribution is 2.31. The monoisotopic (exact) mass is 484 g/mol. The average Bonchev–Trinajstić information content (AvgIpc) is 2.83. The largest absolute Gasteiger partial charge is 0.478 e. The molecule has 0 spiro atoms. The Labute approximate surface area is 197 Å². The van der Waals surface area contributed by atoms with E-state index in [1.165, 1.54) is 37.7 Å². The smallest absolute Gasteiger partial charge is 0.339 e. The lowest BCUT2D eigenvalue weighted by atomic mass is 10.1. The molecule has 0 unspecified atom stereocenters. The number of nitrogens with zero attached hydrogens (tertiary/aromatic N) is 3. The van der Waals surface area contributed by atoms with Crippen molar-refractivity contribution in [3.05, 3.63) is 59.5 Å². The fourth-order valence-corrected chi connectivity index (χ4v) is 4.33. The number of aldehydes is 1. The molecule has 0 aliphatic carbocycles. The Hall–Kier alpha value is -3.86. The zero-order valence-electron chi connectivity index (χ0n) is 19.1. The van der Waals surface area contributed by atoms with Crippen LogP contribution in [0.1, 0.15) is 40.3 Å². The van der Waals surface area contributed by atoms with Crippen molar-refractivity contribution in [2.24, 2.45) is 5.92 Å². The molecule has 0 aliphatic heterocycles. The van der Waals surface area contributed by atoms with Crippen LogP contribution in [-0.2, 0) is 14.8 Å². The van der Waals surface area contributed by atoms with Crippen molar-refractivity contribution in [3.63, 3.8) is 0 Å². The highest BCUT2D eigenvalue weighted by atomic mass is 32.2. The number of sulfonamides is 1. The maximum absolute atomic E-state index is 13.6. The molecular weight excluding hydrogens is 460 g/mol. The standard InChI is InChI=1S/C23H24N4O6S/c1-14(2)13-33-23(29)18-9-10-24-19(17-7-5-16(12-28)6-8-17)20(18)34(30,31)27-21-22(32-4)26-15(3)11-25-21/h5-12,14H,13H2,1-4H3,(H,25,27). The number of nitrogens with one attached hydrogen (secondary N) is 1. The minimum absolute atomic E-state index is 0.00276. The molecule has 0 bridgehead atoms. The number of pyridine rings is 1. The molecule has 1 N–H and O–H groups in total. The van der Waals surface area contributed by atoms with E-state index in [0.29, 0.717) is 23.1 Å². The number of rotatable bonds is 9. The number of hydrogen-bond acceptors (Lipinski definition) is 9. The molecule has 0 radical (unpaired) electrons. The Kier molecular flexibility index (Phi) is 7.57. The zero-order valence-corrected chi connectivity index (χ0v) is 19.9. The Morgan fingerprint density at radius 1 is 1.15 bits per heavy atom. The van der Waals surface area contributed by atoms with Gasteiger partial charge in [-0.3, -0.25) is 14.5 Å². The van der Waals surface area contributed by atoms with Gasteiger partial charge in [0, 0.05) is 17.3 Å². The summed E-state index contributed by atoms with van der Waals surface area (Å²) in [6.45, 7) is 5.51. The molecule has 0 saturated heterocycles. The third kappa shape index (κ3) is 5.54. The molecule has 0 amide bonds. The first-order chi connectivity index (χ1) is 16.2. The van der Waals surface area contributed by atoms with Crippen LogP contribution in [0.15, 0.2) is 47.6 Å². The second-order valence-electron chi connectivity index (χ2n) is 7.74. The van der Waals surface area contributed by atoms with Crippen LogP contribution >= 0.6 is 0 Å². The fourth-order valence-electron chi connectivity index (χ4n) is 2.97. The predicted octanol–water partition coefficient (Wildman–Crippen LogP) is 3.28. The molecule has 2 aromatic heterocycles. The summed E-state index contributed by atoms with van der Waals surface area (Å²) in [5, 5.41) is 0. The van der Waals surface area contributed by atoms with Crippen LogP contribution < -0.4 is 9.46 Å². The number of aryl methyl sites for hydroxylation is 1. The minimum Gasteiger partial charge on any atom is -0.478 e. The van der Waals surface area contributed by atoms with Gasteiger partial charge in [0.1, 0.15) is 11.2 Å². The van der Waals surface area contributed by atoms with E-state index in [0.717, 1.165) is 0 Å². The van der Waals surface area contributed by atoms with Crippen LogP contribution in [0.2, 0.25) is 0 Å². The topological polar surface area (TPSA) is 137 Å². The van der Waals surface area contributed by atoms with Gasteiger partial charge in [0.2, 0.25) is 5.82 Å². The van der Waals surface area contributed by atoms with Crippen LogP contribution in [0.3, 0.4) is 0 Å². The number of hydrogen-bond donors (Lipinski definition) is 1. The summed E-state index contributed by atoms with van der Waals surface area (Å²) in [5.74, 6) is -0.954. The third-order valence-corrected chi connectivity index (χ3v) is 5.96. The predicted molar refractivity (Wildman–Crippen MR) is 124 cm³/mol. The fraction of sp³-hybridized carbons (Fsp3) is 0.261. The van der Waals surface area contributed by atoms with Gasteiger partial charge in [0.25, 0.3) is 15.9 Å². The van der Waals surface area contributed by atoms with Crippen LogP contribution in [0.5, 0.6) is 5.88 Å². The molecule has 34 heavy (non-hydrogen) atoms. The van der Waals surface area contributed by atoms with E-state index in [4.69, 9.17) is 9.47 Å². The van der Waals surface area contributed by atoms with Gasteiger partial charge in [-0.2, -0.15) is 0 Å². The number of anilines is 1. The highest BCUT2D eigenvalue weighted by Gasteiger charge is 2.30. The minimum atomic E-state index is -4.43. The van der Waals surface area contributed by atoms with Crippen molar-refractivity contribution in [2.75, 3.05) is 18.4 Å². The molecule has 0 saturated carbocycles. The Balaban J connectivity index is 2.18. The molecule has 178 valence electrons. The molecule has 11 heteroatoms. The van der Waals surface area contributed by atoms with E-state index < -0.39 is 20.9 Å². The van der Waals surface area contributed by atoms with E-state index in [-0.39, 0.29) is 35.5 Å². The van der Waals surface area contributed by atoms with Gasteiger partial charge < -0.3 is 9.47 Å². The second-order valence-corrected chi connectivity index (χ2v) is 9.36. The molecule has 0 atom stereocenters. The zero-order chi connectivity index (χ0) is 24.9. The van der Waals surface area contributed by atoms with Gasteiger partial charge in [-0.25, -0.2) is 23.2 Å². The molecule has 2 heterocycles. The number of esters is 1. The maximum Gasteiger partial charge on any atom is 0.339 e. The summed E-state index contributed by atoms with van der Waals surface area (Å²) in [7, 11) is -3.10. The lowest BCUT2D eigenvalue weighted by Crippen LogP contribution is -2.21. The van der Waals surface area contributed by atoms with Crippen molar-refractivity contribution in [2.45, 2.75) is 25.7 Å². The summed E-state index contributed by atoms with van der Waals surface area (Å²) in [6.07, 6.45) is 3.36. The van der Waals surface area contributed by atoms with Gasteiger partial charge >= 0.3 is 5.97 Å². The first-order valence-corrected chi connectivity index (χ1v) is 11.8. The summed E-state index contributed by atoms with van der Waals surface area (Å²) < 4.78 is 40.0. The number of benzene rings is 1. The van der Waals surface area contributed by atoms with Crippen LogP contribution in [0.25, 0.3) is 11.3 Å². The average molecular weight is 485 g/mol. The molecule has 0 fully saturated rings. The van der Waals surface area contributed by atoms with Gasteiger partial charge in [-0.1, -0.05) is 38.1 Å². The quantitative estimate of drug-likeness (QED) is 0.358. The lowest BCUT2D eigenvalue weighted by molar-refractivity contribution is 0.0454. The maximum atomic E-state index is 13.6. The van der Waals surface area contributed by atoms with E-state index in [1.807, 2.05) is 13.8 Å². The Bertz CT molecular complexity index is 1310. The lowest BCUT2D eigenvalue weighted by Gasteiger charge is -2.16. The molecule has 3 rings (SSSR count). The summed E-state index contributed by atoms with van der Waals surface area (Å²) >= 11 is 0. The second kappa shape index (κ2) is 10.4. The van der Waals surface area contributed by atoms with Crippen molar-refractivity contribution in [3.8, 4) is 17.1 Å². The summed E-state index contributed by atoms with van der Waals surface area (Å²) in [4.78, 5) is 35.9. The Morgan fingerprint density at radius 2 is 1.85 bits per heavy atom. The van der Waals surface area contributed by atoms with Gasteiger partial charge in [0.15, 0.2) is 0 Å². The molecular formula is C23H24N4O6S. The first-order valence-electron chi connectivity index (χ1n) is 10.3. The number of aromatic nitrogens is 3. The van der Waals surface area contributed by atoms with E-state index in [2.05, 4.69) is 19.7 Å². The number of ether oxygens (including phenoxy) is 2. The molecule has 1 aromatic carbocycles.